The summed E-state index contributed by atoms with van der Waals surface area (Å²) in [7, 11) is 1.65. The van der Waals surface area contributed by atoms with E-state index in [9.17, 15) is 9.59 Å². The number of anilines is 1. The van der Waals surface area contributed by atoms with E-state index in [0.29, 0.717) is 19.0 Å². The van der Waals surface area contributed by atoms with Gasteiger partial charge in [-0.1, -0.05) is 24.3 Å². The lowest BCUT2D eigenvalue weighted by Crippen LogP contribution is -2.31. The van der Waals surface area contributed by atoms with Crippen LogP contribution < -0.4 is 9.64 Å². The fraction of sp³-hybridized carbons (Fsp3) is 0.333. The molecular weight excluding hydrogens is 364 g/mol. The second kappa shape index (κ2) is 8.52. The van der Waals surface area contributed by atoms with E-state index in [0.717, 1.165) is 48.4 Å². The van der Waals surface area contributed by atoms with E-state index in [2.05, 4.69) is 0 Å². The Hall–Kier alpha value is -3.08. The Kier molecular flexibility index (Phi) is 5.65. The Morgan fingerprint density at radius 2 is 1.86 bits per heavy atom. The summed E-state index contributed by atoms with van der Waals surface area (Å²) in [5.41, 5.74) is 2.98. The first-order valence-corrected chi connectivity index (χ1v) is 10.2. The molecule has 1 aliphatic heterocycles. The van der Waals surface area contributed by atoms with Crippen molar-refractivity contribution in [2.24, 2.45) is 0 Å². The number of hydrogen-bond acceptors (Lipinski definition) is 3. The van der Waals surface area contributed by atoms with E-state index in [1.54, 1.807) is 13.2 Å². The predicted octanol–water partition coefficient (Wildman–Crippen LogP) is 4.03. The molecule has 2 amide bonds. The van der Waals surface area contributed by atoms with Gasteiger partial charge in [0.15, 0.2) is 0 Å². The number of carbonyl (C=O) groups excluding carboxylic acids is 2. The molecule has 5 heteroatoms. The van der Waals surface area contributed by atoms with Crippen LogP contribution in [0.4, 0.5) is 5.69 Å². The third kappa shape index (κ3) is 4.67. The molecule has 0 unspecified atom stereocenters. The van der Waals surface area contributed by atoms with Gasteiger partial charge in [-0.05, 0) is 60.7 Å². The number of hydrogen-bond donors (Lipinski definition) is 0. The Labute approximate surface area is 171 Å². The van der Waals surface area contributed by atoms with Crippen molar-refractivity contribution in [2.75, 3.05) is 18.6 Å². The monoisotopic (exact) mass is 390 g/mol. The fourth-order valence-electron chi connectivity index (χ4n) is 3.65. The Morgan fingerprint density at radius 1 is 1.14 bits per heavy atom. The van der Waals surface area contributed by atoms with Crippen molar-refractivity contribution in [2.45, 2.75) is 38.3 Å². The Morgan fingerprint density at radius 3 is 2.45 bits per heavy atom. The van der Waals surface area contributed by atoms with E-state index in [1.165, 1.54) is 0 Å². The van der Waals surface area contributed by atoms with Gasteiger partial charge in [0.05, 0.1) is 7.11 Å². The topological polar surface area (TPSA) is 49.9 Å². The summed E-state index contributed by atoms with van der Waals surface area (Å²) in [5, 5.41) is 0. The average molecular weight is 390 g/mol. The molecule has 29 heavy (non-hydrogen) atoms. The van der Waals surface area contributed by atoms with Crippen LogP contribution in [0.25, 0.3) is 6.08 Å². The highest BCUT2D eigenvalue weighted by molar-refractivity contribution is 5.95. The number of ether oxygens (including phenoxy) is 1. The molecule has 1 heterocycles. The molecule has 0 spiro atoms. The largest absolute Gasteiger partial charge is 0.497 e. The highest BCUT2D eigenvalue weighted by Gasteiger charge is 2.31. The summed E-state index contributed by atoms with van der Waals surface area (Å²) in [6.45, 7) is 1.39. The van der Waals surface area contributed by atoms with Crippen LogP contribution in [0.2, 0.25) is 0 Å². The van der Waals surface area contributed by atoms with Crippen molar-refractivity contribution in [3.05, 3.63) is 65.7 Å². The summed E-state index contributed by atoms with van der Waals surface area (Å²) in [4.78, 5) is 28.4. The summed E-state index contributed by atoms with van der Waals surface area (Å²) in [6.07, 6.45) is 7.17. The summed E-state index contributed by atoms with van der Waals surface area (Å²) >= 11 is 0. The fourth-order valence-corrected chi connectivity index (χ4v) is 3.65. The van der Waals surface area contributed by atoms with Crippen LogP contribution in [0.3, 0.4) is 0 Å². The lowest BCUT2D eigenvalue weighted by atomic mass is 10.1. The van der Waals surface area contributed by atoms with Gasteiger partial charge < -0.3 is 14.5 Å². The molecule has 0 aromatic heterocycles. The van der Waals surface area contributed by atoms with Crippen LogP contribution in [-0.4, -0.2) is 36.4 Å². The zero-order valence-electron chi connectivity index (χ0n) is 16.7. The van der Waals surface area contributed by atoms with Gasteiger partial charge in [-0.25, -0.2) is 0 Å². The minimum Gasteiger partial charge on any atom is -0.497 e. The SMILES string of the molecule is COc1ccc(CN(C(=O)/C=C/c2ccc(N3CCCC3=O)cc2)C2CC2)cc1. The number of benzene rings is 2. The lowest BCUT2D eigenvalue weighted by molar-refractivity contribution is -0.127. The maximum atomic E-state index is 12.8. The third-order valence-corrected chi connectivity index (χ3v) is 5.48. The van der Waals surface area contributed by atoms with Gasteiger partial charge in [-0.15, -0.1) is 0 Å². The van der Waals surface area contributed by atoms with E-state index >= 15 is 0 Å². The quantitative estimate of drug-likeness (QED) is 0.671. The van der Waals surface area contributed by atoms with Crippen LogP contribution >= 0.6 is 0 Å². The molecule has 1 saturated carbocycles. The zero-order chi connectivity index (χ0) is 20.2. The molecule has 0 atom stereocenters. The molecule has 5 nitrogen and oxygen atoms in total. The molecular formula is C24H26N2O3. The molecule has 2 aliphatic rings. The second-order valence-corrected chi connectivity index (χ2v) is 7.62. The molecule has 150 valence electrons. The third-order valence-electron chi connectivity index (χ3n) is 5.48. The molecule has 4 rings (SSSR count). The standard InChI is InChI=1S/C24H26N2O3/c1-29-22-13-6-19(7-14-22)17-26(21-11-12-21)24(28)15-8-18-4-9-20(10-5-18)25-16-2-3-23(25)27/h4-10,13-15,21H,2-3,11-12,16-17H2,1H3/b15-8+. The molecule has 2 aromatic carbocycles. The lowest BCUT2D eigenvalue weighted by Gasteiger charge is -2.21. The zero-order valence-corrected chi connectivity index (χ0v) is 16.7. The minimum atomic E-state index is 0.0297. The molecule has 0 radical (unpaired) electrons. The number of methoxy groups -OCH3 is 1. The number of nitrogens with zero attached hydrogens (tertiary/aromatic N) is 2. The van der Waals surface area contributed by atoms with Crippen molar-refractivity contribution in [1.82, 2.24) is 4.90 Å². The molecule has 0 N–H and O–H groups in total. The van der Waals surface area contributed by atoms with Gasteiger partial charge >= 0.3 is 0 Å². The molecule has 2 fully saturated rings. The maximum Gasteiger partial charge on any atom is 0.247 e. The van der Waals surface area contributed by atoms with Crippen LogP contribution in [0, 0.1) is 0 Å². The molecule has 1 saturated heterocycles. The van der Waals surface area contributed by atoms with Gasteiger partial charge in [-0.2, -0.15) is 0 Å². The maximum absolute atomic E-state index is 12.8. The van der Waals surface area contributed by atoms with E-state index in [1.807, 2.05) is 64.4 Å². The van der Waals surface area contributed by atoms with Crippen LogP contribution in [-0.2, 0) is 16.1 Å². The number of rotatable bonds is 7. The van der Waals surface area contributed by atoms with Crippen molar-refractivity contribution < 1.29 is 14.3 Å². The highest BCUT2D eigenvalue weighted by atomic mass is 16.5. The number of amides is 2. The van der Waals surface area contributed by atoms with Crippen molar-refractivity contribution >= 4 is 23.6 Å². The van der Waals surface area contributed by atoms with Gasteiger partial charge in [-0.3, -0.25) is 9.59 Å². The summed E-state index contributed by atoms with van der Waals surface area (Å²) in [6, 6.07) is 16.0. The highest BCUT2D eigenvalue weighted by Crippen LogP contribution is 2.29. The Balaban J connectivity index is 1.40. The molecule has 2 aromatic rings. The van der Waals surface area contributed by atoms with Gasteiger partial charge in [0.25, 0.3) is 0 Å². The van der Waals surface area contributed by atoms with Crippen molar-refractivity contribution in [3.8, 4) is 5.75 Å². The first-order chi connectivity index (χ1) is 14.1. The van der Waals surface area contributed by atoms with Crippen molar-refractivity contribution in [3.63, 3.8) is 0 Å². The van der Waals surface area contributed by atoms with Crippen LogP contribution in [0.1, 0.15) is 36.8 Å². The van der Waals surface area contributed by atoms with E-state index in [4.69, 9.17) is 4.74 Å². The van der Waals surface area contributed by atoms with Gasteiger partial charge in [0, 0.05) is 37.3 Å². The normalized spacial score (nSPS) is 16.4. The summed E-state index contributed by atoms with van der Waals surface area (Å²) < 4.78 is 5.20. The summed E-state index contributed by atoms with van der Waals surface area (Å²) in [5.74, 6) is 1.03. The second-order valence-electron chi connectivity index (χ2n) is 7.62. The van der Waals surface area contributed by atoms with E-state index in [-0.39, 0.29) is 11.8 Å². The van der Waals surface area contributed by atoms with Gasteiger partial charge in [0.2, 0.25) is 11.8 Å². The minimum absolute atomic E-state index is 0.0297. The Bertz CT molecular complexity index is 899. The van der Waals surface area contributed by atoms with Crippen LogP contribution in [0.5, 0.6) is 5.75 Å². The predicted molar refractivity (Wildman–Crippen MR) is 114 cm³/mol. The van der Waals surface area contributed by atoms with Gasteiger partial charge in [0.1, 0.15) is 5.75 Å². The first-order valence-electron chi connectivity index (χ1n) is 10.2. The molecule has 1 aliphatic carbocycles. The molecule has 0 bridgehead atoms. The first kappa shape index (κ1) is 19.2. The average Bonchev–Trinajstić information content (AvgIpc) is 3.51. The number of carbonyl (C=O) groups is 2. The van der Waals surface area contributed by atoms with Crippen molar-refractivity contribution in [1.29, 1.82) is 0 Å². The van der Waals surface area contributed by atoms with Crippen LogP contribution in [0.15, 0.2) is 54.6 Å². The smallest absolute Gasteiger partial charge is 0.247 e. The van der Waals surface area contributed by atoms with E-state index < -0.39 is 0 Å².